The zero-order chi connectivity index (χ0) is 23.6. The van der Waals surface area contributed by atoms with Crippen LogP contribution in [0.1, 0.15) is 15.9 Å². The first kappa shape index (κ1) is 25.2. The molecule has 3 aromatic rings. The average molecular weight is 524 g/mol. The Labute approximate surface area is 213 Å². The van der Waals surface area contributed by atoms with Crippen molar-refractivity contribution in [3.8, 4) is 0 Å². The molecular weight excluding hydrogens is 502 g/mol. The van der Waals surface area contributed by atoms with E-state index in [4.69, 9.17) is 46.4 Å². The van der Waals surface area contributed by atoms with Gasteiger partial charge in [0.05, 0.1) is 17.5 Å². The summed E-state index contributed by atoms with van der Waals surface area (Å²) in [5.74, 6) is 0.670. The summed E-state index contributed by atoms with van der Waals surface area (Å²) >= 11 is 23.8. The van der Waals surface area contributed by atoms with E-state index in [1.807, 2.05) is 36.4 Å². The van der Waals surface area contributed by atoms with E-state index in [-0.39, 0.29) is 5.91 Å². The van der Waals surface area contributed by atoms with Crippen LogP contribution in [0.2, 0.25) is 10.0 Å². The van der Waals surface area contributed by atoms with Crippen molar-refractivity contribution in [2.75, 3.05) is 35.1 Å². The number of nitrogens with zero attached hydrogens (tertiary/aromatic N) is 2. The van der Waals surface area contributed by atoms with Gasteiger partial charge in [0.1, 0.15) is 0 Å². The first-order valence-electron chi connectivity index (χ1n) is 10.1. The number of benzene rings is 3. The van der Waals surface area contributed by atoms with Gasteiger partial charge in [-0.1, -0.05) is 35.3 Å². The molecule has 0 heterocycles. The second-order valence-electron chi connectivity index (χ2n) is 6.98. The summed E-state index contributed by atoms with van der Waals surface area (Å²) in [7, 11) is 0. The Morgan fingerprint density at radius 3 is 2.15 bits per heavy atom. The van der Waals surface area contributed by atoms with Crippen LogP contribution in [-0.2, 0) is 0 Å². The highest BCUT2D eigenvalue weighted by molar-refractivity contribution is 6.31. The molecule has 0 radical (unpaired) electrons. The third-order valence-corrected chi connectivity index (χ3v) is 5.52. The predicted octanol–water partition coefficient (Wildman–Crippen LogP) is 6.78. The molecule has 0 atom stereocenters. The highest BCUT2D eigenvalue weighted by Crippen LogP contribution is 2.26. The van der Waals surface area contributed by atoms with Crippen LogP contribution in [0.5, 0.6) is 0 Å². The standard InChI is InChI=1S/C24H22Cl4N4O/c25-11-13-32(14-12-26)21-8-1-17(2-9-21)16-29-31-24(33)22-10-5-19(28)15-23(22)30-20-6-3-18(27)4-7-20/h1-10,15-16,30H,11-14H2,(H,31,33). The molecule has 0 aliphatic carbocycles. The van der Waals surface area contributed by atoms with Crippen molar-refractivity contribution in [2.45, 2.75) is 0 Å². The SMILES string of the molecule is O=C(NN=Cc1ccc(N(CCCl)CCCl)cc1)c1ccc(Cl)cc1Nc1ccc(Cl)cc1. The predicted molar refractivity (Wildman–Crippen MR) is 141 cm³/mol. The van der Waals surface area contributed by atoms with Gasteiger partial charge in [-0.2, -0.15) is 5.10 Å². The number of hydrogen-bond donors (Lipinski definition) is 2. The highest BCUT2D eigenvalue weighted by Gasteiger charge is 2.12. The molecule has 3 aromatic carbocycles. The van der Waals surface area contributed by atoms with E-state index in [0.717, 1.165) is 16.9 Å². The first-order valence-corrected chi connectivity index (χ1v) is 11.9. The molecule has 5 nitrogen and oxygen atoms in total. The largest absolute Gasteiger partial charge is 0.369 e. The third-order valence-electron chi connectivity index (χ3n) is 4.70. The van der Waals surface area contributed by atoms with E-state index >= 15 is 0 Å². The Morgan fingerprint density at radius 1 is 0.879 bits per heavy atom. The number of carbonyl (C=O) groups excluding carboxylic acids is 1. The van der Waals surface area contributed by atoms with Crippen molar-refractivity contribution in [3.05, 3.63) is 87.9 Å². The number of halogens is 4. The smallest absolute Gasteiger partial charge is 0.273 e. The molecule has 3 rings (SSSR count). The van der Waals surface area contributed by atoms with Crippen molar-refractivity contribution in [3.63, 3.8) is 0 Å². The Morgan fingerprint density at radius 2 is 1.52 bits per heavy atom. The van der Waals surface area contributed by atoms with E-state index < -0.39 is 0 Å². The number of alkyl halides is 2. The normalized spacial score (nSPS) is 10.9. The molecule has 0 aliphatic rings. The van der Waals surface area contributed by atoms with Crippen LogP contribution in [0, 0.1) is 0 Å². The summed E-state index contributed by atoms with van der Waals surface area (Å²) < 4.78 is 0. The Balaban J connectivity index is 1.67. The number of nitrogens with one attached hydrogen (secondary N) is 2. The molecule has 0 fully saturated rings. The van der Waals surface area contributed by atoms with Crippen LogP contribution in [0.15, 0.2) is 71.8 Å². The minimum absolute atomic E-state index is 0.369. The summed E-state index contributed by atoms with van der Waals surface area (Å²) in [4.78, 5) is 14.8. The third kappa shape index (κ3) is 7.54. The molecule has 0 spiro atoms. The summed E-state index contributed by atoms with van der Waals surface area (Å²) in [6, 6.07) is 19.9. The minimum Gasteiger partial charge on any atom is -0.369 e. The van der Waals surface area contributed by atoms with E-state index in [1.165, 1.54) is 0 Å². The number of hydrazone groups is 1. The van der Waals surface area contributed by atoms with Gasteiger partial charge in [-0.05, 0) is 60.2 Å². The van der Waals surface area contributed by atoms with Crippen molar-refractivity contribution in [1.29, 1.82) is 0 Å². The van der Waals surface area contributed by atoms with Gasteiger partial charge in [0.25, 0.3) is 5.91 Å². The number of rotatable bonds is 10. The second kappa shape index (κ2) is 12.7. The van der Waals surface area contributed by atoms with Gasteiger partial charge in [0, 0.05) is 46.3 Å². The van der Waals surface area contributed by atoms with Gasteiger partial charge >= 0.3 is 0 Å². The van der Waals surface area contributed by atoms with Crippen molar-refractivity contribution in [2.24, 2.45) is 5.10 Å². The lowest BCUT2D eigenvalue weighted by molar-refractivity contribution is 0.0956. The topological polar surface area (TPSA) is 56.7 Å². The van der Waals surface area contributed by atoms with Gasteiger partial charge in [0.15, 0.2) is 0 Å². The minimum atomic E-state index is -0.369. The van der Waals surface area contributed by atoms with Gasteiger partial charge < -0.3 is 10.2 Å². The zero-order valence-corrected chi connectivity index (χ0v) is 20.6. The van der Waals surface area contributed by atoms with Crippen LogP contribution in [-0.4, -0.2) is 37.0 Å². The van der Waals surface area contributed by atoms with Crippen molar-refractivity contribution < 1.29 is 4.79 Å². The van der Waals surface area contributed by atoms with Gasteiger partial charge in [0.2, 0.25) is 0 Å². The molecule has 1 amide bonds. The average Bonchev–Trinajstić information content (AvgIpc) is 2.81. The highest BCUT2D eigenvalue weighted by atomic mass is 35.5. The fourth-order valence-electron chi connectivity index (χ4n) is 3.08. The molecule has 0 saturated heterocycles. The molecule has 9 heteroatoms. The molecule has 0 bridgehead atoms. The van der Waals surface area contributed by atoms with Gasteiger partial charge in [-0.25, -0.2) is 5.43 Å². The molecule has 33 heavy (non-hydrogen) atoms. The lowest BCUT2D eigenvalue weighted by Crippen LogP contribution is -2.27. The first-order chi connectivity index (χ1) is 16.0. The fourth-order valence-corrected chi connectivity index (χ4v) is 3.78. The summed E-state index contributed by atoms with van der Waals surface area (Å²) in [6.45, 7) is 1.43. The van der Waals surface area contributed by atoms with Crippen LogP contribution in [0.4, 0.5) is 17.1 Å². The Hall–Kier alpha value is -2.44. The number of hydrogen-bond acceptors (Lipinski definition) is 4. The van der Waals surface area contributed by atoms with Gasteiger partial charge in [-0.3, -0.25) is 4.79 Å². The van der Waals surface area contributed by atoms with E-state index in [1.54, 1.807) is 36.5 Å². The molecule has 0 aliphatic heterocycles. The summed E-state index contributed by atoms with van der Waals surface area (Å²) in [5.41, 5.74) is 6.16. The second-order valence-corrected chi connectivity index (χ2v) is 8.61. The monoisotopic (exact) mass is 522 g/mol. The van der Waals surface area contributed by atoms with E-state index in [0.29, 0.717) is 46.1 Å². The molecule has 0 unspecified atom stereocenters. The van der Waals surface area contributed by atoms with Crippen molar-refractivity contribution in [1.82, 2.24) is 5.43 Å². The summed E-state index contributed by atoms with van der Waals surface area (Å²) in [5, 5.41) is 8.40. The molecule has 2 N–H and O–H groups in total. The number of amides is 1. The Kier molecular flexibility index (Phi) is 9.70. The Bertz CT molecular complexity index is 1080. The van der Waals surface area contributed by atoms with Crippen LogP contribution < -0.4 is 15.6 Å². The van der Waals surface area contributed by atoms with Crippen LogP contribution in [0.3, 0.4) is 0 Å². The molecule has 0 saturated carbocycles. The fraction of sp³-hybridized carbons (Fsp3) is 0.167. The molecular formula is C24H22Cl4N4O. The van der Waals surface area contributed by atoms with Crippen LogP contribution in [0.25, 0.3) is 0 Å². The quantitative estimate of drug-likeness (QED) is 0.175. The number of carbonyl (C=O) groups is 1. The lowest BCUT2D eigenvalue weighted by Gasteiger charge is -2.22. The maximum Gasteiger partial charge on any atom is 0.273 e. The van der Waals surface area contributed by atoms with Crippen molar-refractivity contribution >= 4 is 75.6 Å². The molecule has 0 aromatic heterocycles. The van der Waals surface area contributed by atoms with Gasteiger partial charge in [-0.15, -0.1) is 23.2 Å². The van der Waals surface area contributed by atoms with Crippen LogP contribution >= 0.6 is 46.4 Å². The number of anilines is 3. The van der Waals surface area contributed by atoms with E-state index in [2.05, 4.69) is 20.7 Å². The maximum atomic E-state index is 12.7. The summed E-state index contributed by atoms with van der Waals surface area (Å²) in [6.07, 6.45) is 1.58. The zero-order valence-electron chi connectivity index (χ0n) is 17.6. The lowest BCUT2D eigenvalue weighted by atomic mass is 10.1. The van der Waals surface area contributed by atoms with E-state index in [9.17, 15) is 4.79 Å². The maximum absolute atomic E-state index is 12.7. The molecule has 172 valence electrons.